The molecule has 84 valence electrons. The van der Waals surface area contributed by atoms with E-state index >= 15 is 0 Å². The van der Waals surface area contributed by atoms with Gasteiger partial charge in [0.25, 0.3) is 0 Å². The fraction of sp³-hybridized carbons (Fsp3) is 0.500. The number of carbonyl (C=O) groups is 1. The molecule has 3 rings (SSSR count). The summed E-state index contributed by atoms with van der Waals surface area (Å²) >= 11 is 1.80. The molecule has 2 fully saturated rings. The average Bonchev–Trinajstić information content (AvgIpc) is 3.04. The number of hydrogen-bond donors (Lipinski definition) is 0. The van der Waals surface area contributed by atoms with E-state index in [9.17, 15) is 4.79 Å². The Balaban J connectivity index is 1.90. The van der Waals surface area contributed by atoms with E-state index in [4.69, 9.17) is 0 Å². The molecule has 2 unspecified atom stereocenters. The van der Waals surface area contributed by atoms with Gasteiger partial charge in [-0.1, -0.05) is 12.1 Å². The number of thioether (sulfide) groups is 1. The van der Waals surface area contributed by atoms with Crippen molar-refractivity contribution in [1.29, 1.82) is 0 Å². The largest absolute Gasteiger partial charge is 0.300 e. The minimum atomic E-state index is 0.375. The zero-order valence-electron chi connectivity index (χ0n) is 9.53. The summed E-state index contributed by atoms with van der Waals surface area (Å²) in [5.41, 5.74) is 1.84. The molecule has 0 saturated heterocycles. The third-order valence-corrected chi connectivity index (χ3v) is 4.93. The highest BCUT2D eigenvalue weighted by molar-refractivity contribution is 7.98. The SMILES string of the molecule is CSc1cccc(C23CCC(=O)CC2C3)c1. The first-order chi connectivity index (χ1) is 7.74. The van der Waals surface area contributed by atoms with E-state index in [1.54, 1.807) is 11.8 Å². The highest BCUT2D eigenvalue weighted by atomic mass is 32.2. The Morgan fingerprint density at radius 1 is 1.44 bits per heavy atom. The van der Waals surface area contributed by atoms with Gasteiger partial charge in [0.1, 0.15) is 5.78 Å². The predicted molar refractivity (Wildman–Crippen MR) is 66.9 cm³/mol. The maximum atomic E-state index is 11.4. The Labute approximate surface area is 101 Å². The van der Waals surface area contributed by atoms with Gasteiger partial charge < -0.3 is 0 Å². The van der Waals surface area contributed by atoms with Gasteiger partial charge in [0, 0.05) is 17.7 Å². The van der Waals surface area contributed by atoms with Crippen LogP contribution in [-0.2, 0) is 10.2 Å². The van der Waals surface area contributed by atoms with Crippen molar-refractivity contribution in [2.75, 3.05) is 6.26 Å². The van der Waals surface area contributed by atoms with Crippen LogP contribution < -0.4 is 0 Å². The zero-order valence-corrected chi connectivity index (χ0v) is 10.3. The zero-order chi connectivity index (χ0) is 11.2. The minimum Gasteiger partial charge on any atom is -0.300 e. The third kappa shape index (κ3) is 1.51. The van der Waals surface area contributed by atoms with Gasteiger partial charge in [-0.15, -0.1) is 11.8 Å². The van der Waals surface area contributed by atoms with E-state index < -0.39 is 0 Å². The Bertz CT molecular complexity index is 440. The first-order valence-electron chi connectivity index (χ1n) is 5.91. The highest BCUT2D eigenvalue weighted by Gasteiger charge is 2.57. The van der Waals surface area contributed by atoms with Gasteiger partial charge in [0.2, 0.25) is 0 Å². The molecule has 0 bridgehead atoms. The molecular weight excluding hydrogens is 216 g/mol. The molecule has 0 spiro atoms. The van der Waals surface area contributed by atoms with E-state index in [0.717, 1.165) is 19.3 Å². The summed E-state index contributed by atoms with van der Waals surface area (Å²) in [4.78, 5) is 12.7. The van der Waals surface area contributed by atoms with Crippen molar-refractivity contribution in [2.24, 2.45) is 5.92 Å². The second-order valence-corrected chi connectivity index (χ2v) is 5.91. The molecule has 2 saturated carbocycles. The van der Waals surface area contributed by atoms with Crippen molar-refractivity contribution in [2.45, 2.75) is 36.0 Å². The van der Waals surface area contributed by atoms with Gasteiger partial charge in [0.15, 0.2) is 0 Å². The lowest BCUT2D eigenvalue weighted by Crippen LogP contribution is -2.19. The number of rotatable bonds is 2. The third-order valence-electron chi connectivity index (χ3n) is 4.20. The molecule has 2 atom stereocenters. The topological polar surface area (TPSA) is 17.1 Å². The van der Waals surface area contributed by atoms with Gasteiger partial charge in [-0.2, -0.15) is 0 Å². The molecule has 0 aliphatic heterocycles. The lowest BCUT2D eigenvalue weighted by molar-refractivity contribution is -0.120. The molecule has 0 N–H and O–H groups in total. The molecule has 1 aromatic rings. The molecule has 0 aromatic heterocycles. The monoisotopic (exact) mass is 232 g/mol. The maximum absolute atomic E-state index is 11.4. The molecule has 1 aromatic carbocycles. The molecule has 16 heavy (non-hydrogen) atoms. The second-order valence-electron chi connectivity index (χ2n) is 5.03. The Kier molecular flexibility index (Phi) is 2.36. The minimum absolute atomic E-state index is 0.375. The maximum Gasteiger partial charge on any atom is 0.133 e. The summed E-state index contributed by atoms with van der Waals surface area (Å²) in [5.74, 6) is 1.12. The van der Waals surface area contributed by atoms with Crippen LogP contribution in [-0.4, -0.2) is 12.0 Å². The van der Waals surface area contributed by atoms with Crippen molar-refractivity contribution in [3.05, 3.63) is 29.8 Å². The fourth-order valence-electron chi connectivity index (χ4n) is 3.12. The van der Waals surface area contributed by atoms with Gasteiger partial charge in [-0.3, -0.25) is 4.79 Å². The molecule has 2 aliphatic rings. The quantitative estimate of drug-likeness (QED) is 0.727. The van der Waals surface area contributed by atoms with Crippen LogP contribution in [0.1, 0.15) is 31.2 Å². The number of carbonyl (C=O) groups excluding carboxylic acids is 1. The van der Waals surface area contributed by atoms with Crippen molar-refractivity contribution in [3.8, 4) is 0 Å². The van der Waals surface area contributed by atoms with Crippen LogP contribution in [0.2, 0.25) is 0 Å². The van der Waals surface area contributed by atoms with E-state index in [1.165, 1.54) is 16.9 Å². The first-order valence-corrected chi connectivity index (χ1v) is 7.13. The second kappa shape index (κ2) is 3.63. The average molecular weight is 232 g/mol. The molecular formula is C14H16OS. The van der Waals surface area contributed by atoms with Crippen molar-refractivity contribution in [3.63, 3.8) is 0 Å². The molecule has 2 heteroatoms. The molecule has 0 amide bonds. The van der Waals surface area contributed by atoms with Gasteiger partial charge in [0.05, 0.1) is 0 Å². The van der Waals surface area contributed by atoms with Crippen LogP contribution >= 0.6 is 11.8 Å². The normalized spacial score (nSPS) is 32.3. The summed E-state index contributed by atoms with van der Waals surface area (Å²) in [6, 6.07) is 8.88. The lowest BCUT2D eigenvalue weighted by Gasteiger charge is -2.22. The summed E-state index contributed by atoms with van der Waals surface area (Å²) < 4.78 is 0. The van der Waals surface area contributed by atoms with Crippen LogP contribution in [0.3, 0.4) is 0 Å². The Morgan fingerprint density at radius 3 is 3.06 bits per heavy atom. The Hall–Kier alpha value is -0.760. The summed E-state index contributed by atoms with van der Waals surface area (Å²) in [6.45, 7) is 0. The lowest BCUT2D eigenvalue weighted by atomic mass is 9.82. The fourth-order valence-corrected chi connectivity index (χ4v) is 3.58. The van der Waals surface area contributed by atoms with Gasteiger partial charge in [-0.05, 0) is 48.1 Å². The van der Waals surface area contributed by atoms with Crippen molar-refractivity contribution < 1.29 is 4.79 Å². The molecule has 2 aliphatic carbocycles. The standard InChI is InChI=1S/C14H16OS/c1-16-13-4-2-3-10(8-13)14-6-5-12(15)7-11(14)9-14/h2-4,8,11H,5-7,9H2,1H3. The number of Topliss-reactive ketones (excluding diaryl/α,β-unsaturated/α-hetero) is 1. The van der Waals surface area contributed by atoms with Gasteiger partial charge in [-0.25, -0.2) is 0 Å². The first kappa shape index (κ1) is 10.4. The molecule has 1 nitrogen and oxygen atoms in total. The van der Waals surface area contributed by atoms with E-state index in [-0.39, 0.29) is 0 Å². The predicted octanol–water partition coefficient (Wildman–Crippen LogP) is 3.42. The van der Waals surface area contributed by atoms with Crippen LogP contribution in [0.15, 0.2) is 29.2 Å². The molecule has 0 heterocycles. The Morgan fingerprint density at radius 2 is 2.31 bits per heavy atom. The summed E-state index contributed by atoms with van der Waals surface area (Å²) in [6.07, 6.45) is 6.04. The number of hydrogen-bond acceptors (Lipinski definition) is 2. The smallest absolute Gasteiger partial charge is 0.133 e. The van der Waals surface area contributed by atoms with Crippen molar-refractivity contribution >= 4 is 17.5 Å². The van der Waals surface area contributed by atoms with E-state index in [0.29, 0.717) is 17.1 Å². The van der Waals surface area contributed by atoms with E-state index in [1.807, 2.05) is 0 Å². The van der Waals surface area contributed by atoms with Gasteiger partial charge >= 0.3 is 0 Å². The summed E-state index contributed by atoms with van der Waals surface area (Å²) in [5, 5.41) is 0. The van der Waals surface area contributed by atoms with Crippen LogP contribution in [0.5, 0.6) is 0 Å². The number of benzene rings is 1. The number of fused-ring (bicyclic) bond motifs is 1. The van der Waals surface area contributed by atoms with Crippen molar-refractivity contribution in [1.82, 2.24) is 0 Å². The number of ketones is 1. The molecule has 0 radical (unpaired) electrons. The summed E-state index contributed by atoms with van der Waals surface area (Å²) in [7, 11) is 0. The van der Waals surface area contributed by atoms with Crippen LogP contribution in [0, 0.1) is 5.92 Å². The van der Waals surface area contributed by atoms with Crippen LogP contribution in [0.25, 0.3) is 0 Å². The van der Waals surface area contributed by atoms with Crippen LogP contribution in [0.4, 0.5) is 0 Å². The van der Waals surface area contributed by atoms with E-state index in [2.05, 4.69) is 30.5 Å². The highest BCUT2D eigenvalue weighted by Crippen LogP contribution is 2.61.